The molecule has 0 aliphatic carbocycles. The van der Waals surface area contributed by atoms with Gasteiger partial charge in [0.15, 0.2) is 0 Å². The van der Waals surface area contributed by atoms with Gasteiger partial charge in [0.1, 0.15) is 18.1 Å². The number of carbonyl (C=O) groups is 1. The first-order chi connectivity index (χ1) is 13.1. The van der Waals surface area contributed by atoms with E-state index < -0.39 is 0 Å². The topological polar surface area (TPSA) is 48.0 Å². The minimum atomic E-state index is -0.0427. The van der Waals surface area contributed by atoms with Crippen LogP contribution in [0.3, 0.4) is 0 Å². The highest BCUT2D eigenvalue weighted by Crippen LogP contribution is 2.24. The van der Waals surface area contributed by atoms with Gasteiger partial charge in [-0.2, -0.15) is 0 Å². The first kappa shape index (κ1) is 19.2. The lowest BCUT2D eigenvalue weighted by atomic mass is 10.1. The van der Waals surface area contributed by atoms with Crippen molar-refractivity contribution >= 4 is 5.91 Å². The molecule has 2 aromatic rings. The molecule has 0 aromatic heterocycles. The minimum Gasteiger partial charge on any atom is -0.497 e. The molecule has 1 aliphatic rings. The first-order valence-corrected chi connectivity index (χ1v) is 9.34. The van der Waals surface area contributed by atoms with Crippen LogP contribution in [0.2, 0.25) is 0 Å². The third kappa shape index (κ3) is 4.80. The molecule has 0 saturated carbocycles. The summed E-state index contributed by atoms with van der Waals surface area (Å²) in [6, 6.07) is 15.0. The average molecular weight is 369 g/mol. The zero-order chi connectivity index (χ0) is 19.2. The van der Waals surface area contributed by atoms with Crippen molar-refractivity contribution in [3.63, 3.8) is 0 Å². The molecule has 2 unspecified atom stereocenters. The molecule has 5 heteroatoms. The summed E-state index contributed by atoms with van der Waals surface area (Å²) in [4.78, 5) is 14.5. The molecule has 3 rings (SSSR count). The van der Waals surface area contributed by atoms with Crippen molar-refractivity contribution in [3.8, 4) is 11.5 Å². The van der Waals surface area contributed by atoms with E-state index in [-0.39, 0.29) is 18.1 Å². The highest BCUT2D eigenvalue weighted by atomic mass is 16.5. The van der Waals surface area contributed by atoms with E-state index in [9.17, 15) is 4.79 Å². The molecule has 5 nitrogen and oxygen atoms in total. The number of nitrogens with zero attached hydrogens (tertiary/aromatic N) is 1. The molecule has 1 saturated heterocycles. The number of hydrogen-bond acceptors (Lipinski definition) is 4. The Bertz CT molecular complexity index is 736. The highest BCUT2D eigenvalue weighted by molar-refractivity contribution is 5.94. The standard InChI is InChI=1S/C22H27NO4/c1-16(17-6-10-19(25-3)11-7-17)23(2)22(24)18-8-12-20(13-9-18)27-15-21-5-4-14-26-21/h6-13,16,21H,4-5,14-15H2,1-3H3. The molecule has 1 heterocycles. The number of ether oxygens (including phenoxy) is 3. The van der Waals surface area contributed by atoms with E-state index in [2.05, 4.69) is 0 Å². The Kier molecular flexibility index (Phi) is 6.35. The van der Waals surface area contributed by atoms with Gasteiger partial charge in [-0.15, -0.1) is 0 Å². The van der Waals surface area contributed by atoms with Gasteiger partial charge < -0.3 is 19.1 Å². The van der Waals surface area contributed by atoms with Crippen molar-refractivity contribution in [2.75, 3.05) is 27.4 Å². The number of carbonyl (C=O) groups excluding carboxylic acids is 1. The number of hydrogen-bond donors (Lipinski definition) is 0. The van der Waals surface area contributed by atoms with Crippen molar-refractivity contribution in [3.05, 3.63) is 59.7 Å². The van der Waals surface area contributed by atoms with Crippen molar-refractivity contribution in [1.82, 2.24) is 4.90 Å². The van der Waals surface area contributed by atoms with E-state index >= 15 is 0 Å². The van der Waals surface area contributed by atoms with E-state index in [4.69, 9.17) is 14.2 Å². The predicted molar refractivity (Wildman–Crippen MR) is 104 cm³/mol. The first-order valence-electron chi connectivity index (χ1n) is 9.34. The quantitative estimate of drug-likeness (QED) is 0.738. The third-order valence-electron chi connectivity index (χ3n) is 5.06. The summed E-state index contributed by atoms with van der Waals surface area (Å²) in [7, 11) is 3.46. The molecular weight excluding hydrogens is 342 g/mol. The molecule has 0 radical (unpaired) electrons. The Labute approximate surface area is 160 Å². The van der Waals surface area contributed by atoms with Gasteiger partial charge in [-0.3, -0.25) is 4.79 Å². The van der Waals surface area contributed by atoms with E-state index in [0.29, 0.717) is 12.2 Å². The van der Waals surface area contributed by atoms with Crippen LogP contribution in [0.15, 0.2) is 48.5 Å². The maximum Gasteiger partial charge on any atom is 0.254 e. The molecule has 2 aromatic carbocycles. The second-order valence-electron chi connectivity index (χ2n) is 6.84. The molecule has 2 atom stereocenters. The minimum absolute atomic E-state index is 0.0241. The molecule has 0 N–H and O–H groups in total. The predicted octanol–water partition coefficient (Wildman–Crippen LogP) is 4.09. The Morgan fingerprint density at radius 1 is 1.15 bits per heavy atom. The lowest BCUT2D eigenvalue weighted by Crippen LogP contribution is -2.29. The van der Waals surface area contributed by atoms with Crippen LogP contribution < -0.4 is 9.47 Å². The van der Waals surface area contributed by atoms with Crippen LogP contribution in [-0.4, -0.2) is 44.3 Å². The maximum atomic E-state index is 12.8. The average Bonchev–Trinajstić information content (AvgIpc) is 3.25. The van der Waals surface area contributed by atoms with E-state index in [1.54, 1.807) is 12.0 Å². The fourth-order valence-corrected chi connectivity index (χ4v) is 3.14. The van der Waals surface area contributed by atoms with Gasteiger partial charge in [0.05, 0.1) is 19.3 Å². The largest absolute Gasteiger partial charge is 0.497 e. The summed E-state index contributed by atoms with van der Waals surface area (Å²) in [6.07, 6.45) is 2.33. The lowest BCUT2D eigenvalue weighted by molar-refractivity contribution is 0.0678. The second kappa shape index (κ2) is 8.91. The second-order valence-corrected chi connectivity index (χ2v) is 6.84. The van der Waals surface area contributed by atoms with Crippen LogP contribution in [0.1, 0.15) is 41.7 Å². The van der Waals surface area contributed by atoms with Gasteiger partial charge in [0.2, 0.25) is 0 Å². The monoisotopic (exact) mass is 369 g/mol. The lowest BCUT2D eigenvalue weighted by Gasteiger charge is -2.25. The van der Waals surface area contributed by atoms with Gasteiger partial charge in [-0.25, -0.2) is 0 Å². The van der Waals surface area contributed by atoms with Gasteiger partial charge in [0.25, 0.3) is 5.91 Å². The maximum absolute atomic E-state index is 12.8. The summed E-state index contributed by atoms with van der Waals surface area (Å²) >= 11 is 0. The van der Waals surface area contributed by atoms with Crippen LogP contribution >= 0.6 is 0 Å². The van der Waals surface area contributed by atoms with Crippen LogP contribution in [0.25, 0.3) is 0 Å². The van der Waals surface area contributed by atoms with Gasteiger partial charge >= 0.3 is 0 Å². The molecule has 144 valence electrons. The molecular formula is C22H27NO4. The summed E-state index contributed by atoms with van der Waals surface area (Å²) in [6.45, 7) is 3.39. The van der Waals surface area contributed by atoms with Crippen molar-refractivity contribution in [2.24, 2.45) is 0 Å². The Hall–Kier alpha value is -2.53. The Morgan fingerprint density at radius 2 is 1.81 bits per heavy atom. The van der Waals surface area contributed by atoms with Crippen LogP contribution in [0.5, 0.6) is 11.5 Å². The zero-order valence-electron chi connectivity index (χ0n) is 16.2. The normalized spacial score (nSPS) is 17.4. The summed E-state index contributed by atoms with van der Waals surface area (Å²) < 4.78 is 16.5. The van der Waals surface area contributed by atoms with Gasteiger partial charge in [-0.1, -0.05) is 12.1 Å². The summed E-state index contributed by atoms with van der Waals surface area (Å²) in [5.41, 5.74) is 1.70. The fourth-order valence-electron chi connectivity index (χ4n) is 3.14. The molecule has 1 amide bonds. The van der Waals surface area contributed by atoms with Crippen LogP contribution in [0.4, 0.5) is 0 Å². The molecule has 0 spiro atoms. The van der Waals surface area contributed by atoms with Crippen molar-refractivity contribution in [1.29, 1.82) is 0 Å². The highest BCUT2D eigenvalue weighted by Gasteiger charge is 2.19. The van der Waals surface area contributed by atoms with Crippen molar-refractivity contribution in [2.45, 2.75) is 31.9 Å². The van der Waals surface area contributed by atoms with Crippen LogP contribution in [0, 0.1) is 0 Å². The smallest absolute Gasteiger partial charge is 0.254 e. The number of amides is 1. The van der Waals surface area contributed by atoms with Gasteiger partial charge in [0, 0.05) is 19.2 Å². The van der Waals surface area contributed by atoms with E-state index in [1.165, 1.54) is 0 Å². The van der Waals surface area contributed by atoms with Crippen molar-refractivity contribution < 1.29 is 19.0 Å². The van der Waals surface area contributed by atoms with Gasteiger partial charge in [-0.05, 0) is 61.7 Å². The molecule has 0 bridgehead atoms. The van der Waals surface area contributed by atoms with E-state index in [0.717, 1.165) is 36.5 Å². The summed E-state index contributed by atoms with van der Waals surface area (Å²) in [5, 5.41) is 0. The SMILES string of the molecule is COc1ccc(C(C)N(C)C(=O)c2ccc(OCC3CCCO3)cc2)cc1. The van der Waals surface area contributed by atoms with E-state index in [1.807, 2.05) is 62.5 Å². The summed E-state index contributed by atoms with van der Waals surface area (Å²) in [5.74, 6) is 1.54. The van der Waals surface area contributed by atoms with Crippen LogP contribution in [-0.2, 0) is 4.74 Å². The molecule has 27 heavy (non-hydrogen) atoms. The fraction of sp³-hybridized carbons (Fsp3) is 0.409. The zero-order valence-corrected chi connectivity index (χ0v) is 16.2. The third-order valence-corrected chi connectivity index (χ3v) is 5.06. The number of rotatable bonds is 7. The number of methoxy groups -OCH3 is 1. The number of benzene rings is 2. The molecule has 1 fully saturated rings. The Morgan fingerprint density at radius 3 is 2.41 bits per heavy atom. The Balaban J connectivity index is 1.59. The molecule has 1 aliphatic heterocycles.